The molecule has 1 aromatic carbocycles. The quantitative estimate of drug-likeness (QED) is 0.863. The van der Waals surface area contributed by atoms with Crippen LogP contribution in [-0.2, 0) is 4.74 Å². The van der Waals surface area contributed by atoms with Gasteiger partial charge in [-0.05, 0) is 49.1 Å². The van der Waals surface area contributed by atoms with Crippen molar-refractivity contribution in [1.29, 1.82) is 0 Å². The van der Waals surface area contributed by atoms with Crippen molar-refractivity contribution < 1.29 is 13.9 Å². The maximum Gasteiger partial charge on any atom is 0.165 e. The van der Waals surface area contributed by atoms with E-state index in [1.165, 1.54) is 12.7 Å². The Bertz CT molecular complexity index is 474. The third kappa shape index (κ3) is 3.51. The molecule has 3 nitrogen and oxygen atoms in total. The smallest absolute Gasteiger partial charge is 0.165 e. The molecule has 0 aromatic heterocycles. The molecule has 4 heteroatoms. The van der Waals surface area contributed by atoms with Gasteiger partial charge in [0.2, 0.25) is 0 Å². The first-order valence-electron chi connectivity index (χ1n) is 7.13. The van der Waals surface area contributed by atoms with E-state index in [4.69, 9.17) is 9.47 Å². The van der Waals surface area contributed by atoms with E-state index in [1.54, 1.807) is 12.1 Å². The molecule has 1 atom stereocenters. The van der Waals surface area contributed by atoms with Gasteiger partial charge in [0.1, 0.15) is 0 Å². The molecular weight excluding hydrogens is 257 g/mol. The zero-order chi connectivity index (χ0) is 14.4. The van der Waals surface area contributed by atoms with E-state index in [0.717, 1.165) is 38.0 Å². The van der Waals surface area contributed by atoms with Crippen LogP contribution < -0.4 is 10.1 Å². The van der Waals surface area contributed by atoms with Gasteiger partial charge in [-0.1, -0.05) is 13.0 Å². The first-order chi connectivity index (χ1) is 9.76. The molecule has 0 aliphatic carbocycles. The summed E-state index contributed by atoms with van der Waals surface area (Å²) >= 11 is 0. The minimum absolute atomic E-state index is 0.00987. The van der Waals surface area contributed by atoms with Gasteiger partial charge in [0.05, 0.1) is 26.0 Å². The fourth-order valence-electron chi connectivity index (χ4n) is 2.41. The van der Waals surface area contributed by atoms with Crippen LogP contribution in [-0.4, -0.2) is 20.3 Å². The Morgan fingerprint density at radius 2 is 2.30 bits per heavy atom. The van der Waals surface area contributed by atoms with Crippen molar-refractivity contribution in [3.63, 3.8) is 0 Å². The molecule has 1 aromatic rings. The van der Waals surface area contributed by atoms with Crippen molar-refractivity contribution in [1.82, 2.24) is 5.32 Å². The Balaban J connectivity index is 2.25. The largest absolute Gasteiger partial charge is 0.501 e. The predicted octanol–water partition coefficient (Wildman–Crippen LogP) is 3.57. The molecule has 0 bridgehead atoms. The third-order valence-electron chi connectivity index (χ3n) is 3.44. The van der Waals surface area contributed by atoms with Crippen molar-refractivity contribution in [3.8, 4) is 5.75 Å². The summed E-state index contributed by atoms with van der Waals surface area (Å²) < 4.78 is 24.3. The van der Waals surface area contributed by atoms with Gasteiger partial charge in [-0.15, -0.1) is 0 Å². The highest BCUT2D eigenvalue weighted by Gasteiger charge is 2.19. The molecule has 1 aliphatic heterocycles. The number of benzene rings is 1. The Hall–Kier alpha value is -1.55. The zero-order valence-electron chi connectivity index (χ0n) is 12.1. The minimum Gasteiger partial charge on any atom is -0.501 e. The average Bonchev–Trinajstić information content (AvgIpc) is 2.49. The van der Waals surface area contributed by atoms with Crippen molar-refractivity contribution in [2.75, 3.05) is 20.3 Å². The normalized spacial score (nSPS) is 16.2. The highest BCUT2D eigenvalue weighted by Crippen LogP contribution is 2.30. The second-order valence-corrected chi connectivity index (χ2v) is 4.95. The molecule has 1 heterocycles. The lowest BCUT2D eigenvalue weighted by atomic mass is 9.95. The number of hydrogen-bond donors (Lipinski definition) is 1. The van der Waals surface area contributed by atoms with Gasteiger partial charge in [-0.2, -0.15) is 0 Å². The van der Waals surface area contributed by atoms with E-state index in [-0.39, 0.29) is 17.6 Å². The topological polar surface area (TPSA) is 30.5 Å². The molecule has 0 radical (unpaired) electrons. The van der Waals surface area contributed by atoms with Crippen LogP contribution in [0.25, 0.3) is 0 Å². The van der Waals surface area contributed by atoms with Gasteiger partial charge < -0.3 is 14.8 Å². The molecule has 1 N–H and O–H groups in total. The van der Waals surface area contributed by atoms with Crippen LogP contribution in [0.1, 0.15) is 37.8 Å². The number of ether oxygens (including phenoxy) is 2. The number of nitrogens with one attached hydrogen (secondary N) is 1. The van der Waals surface area contributed by atoms with Crippen molar-refractivity contribution in [2.24, 2.45) is 0 Å². The monoisotopic (exact) mass is 279 g/mol. The first-order valence-corrected chi connectivity index (χ1v) is 7.13. The number of hydrogen-bond acceptors (Lipinski definition) is 3. The predicted molar refractivity (Wildman–Crippen MR) is 77.3 cm³/mol. The van der Waals surface area contributed by atoms with Gasteiger partial charge in [0.15, 0.2) is 11.6 Å². The highest BCUT2D eigenvalue weighted by molar-refractivity contribution is 5.35. The van der Waals surface area contributed by atoms with Gasteiger partial charge in [0.25, 0.3) is 0 Å². The van der Waals surface area contributed by atoms with Crippen LogP contribution in [0, 0.1) is 5.82 Å². The average molecular weight is 279 g/mol. The summed E-state index contributed by atoms with van der Waals surface area (Å²) in [6, 6.07) is 5.14. The van der Waals surface area contributed by atoms with Crippen LogP contribution >= 0.6 is 0 Å². The first kappa shape index (κ1) is 14.9. The van der Waals surface area contributed by atoms with Gasteiger partial charge in [-0.3, -0.25) is 0 Å². The molecular formula is C16H22FNO2. The zero-order valence-corrected chi connectivity index (χ0v) is 12.1. The number of methoxy groups -OCH3 is 1. The summed E-state index contributed by atoms with van der Waals surface area (Å²) in [6.07, 6.45) is 4.84. The Morgan fingerprint density at radius 1 is 1.45 bits per heavy atom. The molecule has 20 heavy (non-hydrogen) atoms. The van der Waals surface area contributed by atoms with Gasteiger partial charge in [-0.25, -0.2) is 4.39 Å². The Kier molecular flexibility index (Phi) is 5.41. The van der Waals surface area contributed by atoms with Crippen molar-refractivity contribution in [3.05, 3.63) is 41.4 Å². The second kappa shape index (κ2) is 7.29. The summed E-state index contributed by atoms with van der Waals surface area (Å²) in [5.41, 5.74) is 2.09. The second-order valence-electron chi connectivity index (χ2n) is 4.95. The summed E-state index contributed by atoms with van der Waals surface area (Å²) in [6.45, 7) is 3.76. The molecule has 0 spiro atoms. The van der Waals surface area contributed by atoms with E-state index in [2.05, 4.69) is 12.2 Å². The number of halogens is 1. The standard InChI is InChI=1S/C16H22FNO2/c1-3-8-18-16(13-5-4-9-20-11-13)12-6-7-15(19-2)14(17)10-12/h6-7,10-11,16,18H,3-5,8-9H2,1-2H3. The molecule has 0 amide bonds. The summed E-state index contributed by atoms with van der Waals surface area (Å²) in [4.78, 5) is 0. The fourth-order valence-corrected chi connectivity index (χ4v) is 2.41. The van der Waals surface area contributed by atoms with E-state index >= 15 is 0 Å². The van der Waals surface area contributed by atoms with Crippen LogP contribution in [0.3, 0.4) is 0 Å². The van der Waals surface area contributed by atoms with E-state index in [1.807, 2.05) is 12.3 Å². The summed E-state index contributed by atoms with van der Waals surface area (Å²) in [5.74, 6) is -0.0532. The fraction of sp³-hybridized carbons (Fsp3) is 0.500. The maximum absolute atomic E-state index is 13.9. The molecule has 1 unspecified atom stereocenters. The maximum atomic E-state index is 13.9. The van der Waals surface area contributed by atoms with Crippen molar-refractivity contribution >= 4 is 0 Å². The van der Waals surface area contributed by atoms with Gasteiger partial charge >= 0.3 is 0 Å². The van der Waals surface area contributed by atoms with E-state index < -0.39 is 0 Å². The molecule has 2 rings (SSSR count). The molecule has 0 fully saturated rings. The van der Waals surface area contributed by atoms with E-state index in [0.29, 0.717) is 0 Å². The van der Waals surface area contributed by atoms with Gasteiger partial charge in [0, 0.05) is 0 Å². The molecule has 0 saturated carbocycles. The van der Waals surface area contributed by atoms with Crippen molar-refractivity contribution in [2.45, 2.75) is 32.2 Å². The lowest BCUT2D eigenvalue weighted by molar-refractivity contribution is 0.219. The van der Waals surface area contributed by atoms with E-state index in [9.17, 15) is 4.39 Å². The Labute approximate surface area is 119 Å². The lowest BCUT2D eigenvalue weighted by Gasteiger charge is -2.25. The van der Waals surface area contributed by atoms with Crippen LogP contribution in [0.2, 0.25) is 0 Å². The SMILES string of the molecule is CCCNC(C1=COCCC1)c1ccc(OC)c(F)c1. The minimum atomic E-state index is -0.328. The lowest BCUT2D eigenvalue weighted by Crippen LogP contribution is -2.25. The highest BCUT2D eigenvalue weighted by atomic mass is 19.1. The summed E-state index contributed by atoms with van der Waals surface area (Å²) in [5, 5.41) is 3.46. The van der Waals surface area contributed by atoms with Crippen LogP contribution in [0.15, 0.2) is 30.0 Å². The Morgan fingerprint density at radius 3 is 2.90 bits per heavy atom. The van der Waals surface area contributed by atoms with Crippen LogP contribution in [0.4, 0.5) is 4.39 Å². The van der Waals surface area contributed by atoms with Crippen LogP contribution in [0.5, 0.6) is 5.75 Å². The molecule has 110 valence electrons. The number of rotatable bonds is 6. The third-order valence-corrected chi connectivity index (χ3v) is 3.44. The molecule has 0 saturated heterocycles. The summed E-state index contributed by atoms with van der Waals surface area (Å²) in [7, 11) is 1.47. The molecule has 1 aliphatic rings.